The number of nitrogens with zero attached hydrogens (tertiary/aromatic N) is 4. The Balaban J connectivity index is 2.02. The highest BCUT2D eigenvalue weighted by molar-refractivity contribution is 5.76. The van der Waals surface area contributed by atoms with Crippen molar-refractivity contribution in [3.63, 3.8) is 0 Å². The lowest BCUT2D eigenvalue weighted by Gasteiger charge is -1.94. The number of nitrogens with one attached hydrogen (secondary N) is 1. The number of hydrogen-bond acceptors (Lipinski definition) is 5. The van der Waals surface area contributed by atoms with E-state index in [-0.39, 0.29) is 0 Å². The van der Waals surface area contributed by atoms with Gasteiger partial charge in [0, 0.05) is 19.3 Å². The van der Waals surface area contributed by atoms with E-state index in [0.717, 1.165) is 17.8 Å². The largest absolute Gasteiger partial charge is 0.384 e. The maximum atomic E-state index is 5.62. The van der Waals surface area contributed by atoms with Crippen molar-refractivity contribution in [1.29, 1.82) is 0 Å². The van der Waals surface area contributed by atoms with Crippen LogP contribution in [0.5, 0.6) is 0 Å². The number of aromatic amines is 1. The summed E-state index contributed by atoms with van der Waals surface area (Å²) in [7, 11) is 0. The number of imidazole rings is 2. The number of anilines is 1. The van der Waals surface area contributed by atoms with E-state index in [4.69, 9.17) is 11.5 Å². The highest BCUT2D eigenvalue weighted by Gasteiger charge is 2.09. The van der Waals surface area contributed by atoms with Gasteiger partial charge in [0.15, 0.2) is 11.5 Å². The van der Waals surface area contributed by atoms with Crippen molar-refractivity contribution in [3.05, 3.63) is 24.7 Å². The van der Waals surface area contributed by atoms with E-state index in [0.29, 0.717) is 23.8 Å². The monoisotopic (exact) mass is 243 g/mol. The number of hydrogen-bond donors (Lipinski definition) is 3. The quantitative estimate of drug-likeness (QED) is 0.615. The van der Waals surface area contributed by atoms with E-state index in [1.807, 2.05) is 16.8 Å². The lowest BCUT2D eigenvalue weighted by molar-refractivity contribution is 0.708. The second-order valence-electron chi connectivity index (χ2n) is 3.98. The summed E-state index contributed by atoms with van der Waals surface area (Å²) in [5.41, 5.74) is 13.3. The number of nitrogens with two attached hydrogens (primary N) is 2. The van der Waals surface area contributed by atoms with Gasteiger partial charge in [0.25, 0.3) is 0 Å². The molecule has 0 aliphatic carbocycles. The Bertz CT molecular complexity index is 682. The first-order valence-corrected chi connectivity index (χ1v) is 5.61. The Kier molecular flexibility index (Phi) is 2.45. The molecule has 0 spiro atoms. The summed E-state index contributed by atoms with van der Waals surface area (Å²) in [6.07, 6.45) is 3.63. The molecule has 0 fully saturated rings. The summed E-state index contributed by atoms with van der Waals surface area (Å²) in [6.45, 7) is 1.31. The van der Waals surface area contributed by atoms with Gasteiger partial charge in [-0.1, -0.05) is 0 Å². The number of nitrogen functional groups attached to an aromatic ring is 1. The number of pyridine rings is 1. The van der Waals surface area contributed by atoms with Crippen molar-refractivity contribution in [3.8, 4) is 11.5 Å². The first-order valence-electron chi connectivity index (χ1n) is 5.61. The van der Waals surface area contributed by atoms with Crippen molar-refractivity contribution in [2.45, 2.75) is 6.54 Å². The van der Waals surface area contributed by atoms with Crippen LogP contribution in [-0.4, -0.2) is 31.0 Å². The molecule has 3 heterocycles. The van der Waals surface area contributed by atoms with Crippen LogP contribution in [0.25, 0.3) is 22.7 Å². The van der Waals surface area contributed by atoms with Crippen molar-refractivity contribution in [2.24, 2.45) is 5.73 Å². The van der Waals surface area contributed by atoms with Gasteiger partial charge in [-0.2, -0.15) is 0 Å². The fourth-order valence-corrected chi connectivity index (χ4v) is 1.78. The minimum atomic E-state index is 0.453. The zero-order chi connectivity index (χ0) is 12.5. The molecule has 3 rings (SSSR count). The Morgan fingerprint density at radius 3 is 3.00 bits per heavy atom. The van der Waals surface area contributed by atoms with Crippen LogP contribution < -0.4 is 11.5 Å². The van der Waals surface area contributed by atoms with E-state index in [1.165, 1.54) is 0 Å². The minimum Gasteiger partial charge on any atom is -0.384 e. The molecule has 7 heteroatoms. The predicted molar refractivity (Wildman–Crippen MR) is 68.6 cm³/mol. The summed E-state index contributed by atoms with van der Waals surface area (Å²) < 4.78 is 1.92. The third kappa shape index (κ3) is 1.80. The van der Waals surface area contributed by atoms with Crippen molar-refractivity contribution >= 4 is 17.0 Å². The van der Waals surface area contributed by atoms with Crippen LogP contribution in [0.4, 0.5) is 5.82 Å². The molecule has 18 heavy (non-hydrogen) atoms. The van der Waals surface area contributed by atoms with Gasteiger partial charge in [-0.25, -0.2) is 15.0 Å². The maximum absolute atomic E-state index is 5.62. The zero-order valence-electron chi connectivity index (χ0n) is 9.67. The number of fused-ring (bicyclic) bond motifs is 1. The molecule has 7 nitrogen and oxygen atoms in total. The Hall–Kier alpha value is -2.41. The van der Waals surface area contributed by atoms with E-state index in [9.17, 15) is 0 Å². The molecule has 0 saturated carbocycles. The average Bonchev–Trinajstić information content (AvgIpc) is 2.94. The smallest absolute Gasteiger partial charge is 0.180 e. The lowest BCUT2D eigenvalue weighted by Crippen LogP contribution is -2.07. The van der Waals surface area contributed by atoms with Gasteiger partial charge in [-0.3, -0.25) is 0 Å². The summed E-state index contributed by atoms with van der Waals surface area (Å²) >= 11 is 0. The summed E-state index contributed by atoms with van der Waals surface area (Å²) in [5.74, 6) is 1.13. The molecule has 0 bridgehead atoms. The van der Waals surface area contributed by atoms with Crippen LogP contribution in [0.15, 0.2) is 24.7 Å². The average molecular weight is 243 g/mol. The maximum Gasteiger partial charge on any atom is 0.180 e. The Morgan fingerprint density at radius 2 is 2.17 bits per heavy atom. The normalized spacial score (nSPS) is 11.2. The molecular formula is C11H13N7. The molecule has 3 aromatic rings. The van der Waals surface area contributed by atoms with Gasteiger partial charge in [0.2, 0.25) is 0 Å². The molecule has 0 amide bonds. The SMILES string of the molecule is NCCn1cnc(-c2nc3nc(N)ccc3[nH]2)c1. The molecule has 0 radical (unpaired) electrons. The first-order chi connectivity index (χ1) is 8.76. The molecule has 0 aliphatic rings. The summed E-state index contributed by atoms with van der Waals surface area (Å²) in [6, 6.07) is 3.59. The summed E-state index contributed by atoms with van der Waals surface area (Å²) in [4.78, 5) is 15.9. The fraction of sp³-hybridized carbons (Fsp3) is 0.182. The molecule has 0 unspecified atom stereocenters. The Labute approximate surface area is 103 Å². The predicted octanol–water partition coefficient (Wildman–Crippen LogP) is 0.362. The van der Waals surface area contributed by atoms with Gasteiger partial charge in [-0.05, 0) is 12.1 Å². The van der Waals surface area contributed by atoms with Gasteiger partial charge < -0.3 is 21.0 Å². The highest BCUT2D eigenvalue weighted by atomic mass is 15.1. The molecule has 5 N–H and O–H groups in total. The third-order valence-electron chi connectivity index (χ3n) is 2.63. The van der Waals surface area contributed by atoms with E-state index in [1.54, 1.807) is 12.4 Å². The Morgan fingerprint density at radius 1 is 1.28 bits per heavy atom. The molecule has 0 atom stereocenters. The number of aromatic nitrogens is 5. The fourth-order valence-electron chi connectivity index (χ4n) is 1.78. The van der Waals surface area contributed by atoms with Gasteiger partial charge >= 0.3 is 0 Å². The van der Waals surface area contributed by atoms with E-state index < -0.39 is 0 Å². The van der Waals surface area contributed by atoms with E-state index >= 15 is 0 Å². The van der Waals surface area contributed by atoms with Gasteiger partial charge in [-0.15, -0.1) is 0 Å². The van der Waals surface area contributed by atoms with Gasteiger partial charge in [0.05, 0.1) is 11.8 Å². The van der Waals surface area contributed by atoms with Crippen LogP contribution in [0.3, 0.4) is 0 Å². The second-order valence-corrected chi connectivity index (χ2v) is 3.98. The topological polar surface area (TPSA) is 111 Å². The summed E-state index contributed by atoms with van der Waals surface area (Å²) in [5, 5.41) is 0. The van der Waals surface area contributed by atoms with Crippen LogP contribution >= 0.6 is 0 Å². The minimum absolute atomic E-state index is 0.453. The van der Waals surface area contributed by atoms with Gasteiger partial charge in [0.1, 0.15) is 11.5 Å². The first kappa shape index (κ1) is 10.7. The van der Waals surface area contributed by atoms with Crippen LogP contribution in [0.1, 0.15) is 0 Å². The molecular weight excluding hydrogens is 230 g/mol. The molecule has 0 saturated heterocycles. The third-order valence-corrected chi connectivity index (χ3v) is 2.63. The standard InChI is InChI=1S/C11H13N7/c12-3-4-18-5-8(14-6-18)11-15-7-1-2-9(13)16-10(7)17-11/h1-2,5-6H,3-4,12H2,(H3,13,15,16,17). The van der Waals surface area contributed by atoms with Crippen molar-refractivity contribution < 1.29 is 0 Å². The molecule has 3 aromatic heterocycles. The van der Waals surface area contributed by atoms with Crippen LogP contribution in [0.2, 0.25) is 0 Å². The second kappa shape index (κ2) is 4.11. The van der Waals surface area contributed by atoms with Crippen LogP contribution in [-0.2, 0) is 6.54 Å². The van der Waals surface area contributed by atoms with E-state index in [2.05, 4.69) is 19.9 Å². The molecule has 0 aromatic carbocycles. The highest BCUT2D eigenvalue weighted by Crippen LogP contribution is 2.18. The molecule has 0 aliphatic heterocycles. The van der Waals surface area contributed by atoms with Crippen LogP contribution in [0, 0.1) is 0 Å². The number of H-pyrrole nitrogens is 1. The lowest BCUT2D eigenvalue weighted by atomic mass is 10.4. The molecule has 92 valence electrons. The van der Waals surface area contributed by atoms with Crippen molar-refractivity contribution in [2.75, 3.05) is 12.3 Å². The van der Waals surface area contributed by atoms with Crippen molar-refractivity contribution in [1.82, 2.24) is 24.5 Å². The zero-order valence-corrected chi connectivity index (χ0v) is 9.67. The number of rotatable bonds is 3.